The van der Waals surface area contributed by atoms with E-state index in [1.165, 1.54) is 6.33 Å². The van der Waals surface area contributed by atoms with Gasteiger partial charge in [-0.2, -0.15) is 0 Å². The molecule has 0 radical (unpaired) electrons. The molecule has 0 aromatic carbocycles. The van der Waals surface area contributed by atoms with E-state index < -0.39 is 5.97 Å². The lowest BCUT2D eigenvalue weighted by Gasteiger charge is -2.22. The highest BCUT2D eigenvalue weighted by atomic mass is 32.1. The lowest BCUT2D eigenvalue weighted by atomic mass is 10.2. The molecule has 20 heavy (non-hydrogen) atoms. The second kappa shape index (κ2) is 6.15. The van der Waals surface area contributed by atoms with E-state index in [1.807, 2.05) is 11.8 Å². The van der Waals surface area contributed by atoms with Crippen LogP contribution in [-0.2, 0) is 0 Å². The molecule has 0 atom stereocenters. The van der Waals surface area contributed by atoms with Crippen LogP contribution in [0.3, 0.4) is 0 Å². The number of hydrogen-bond acceptors (Lipinski definition) is 6. The number of thiophene rings is 1. The van der Waals surface area contributed by atoms with Crippen molar-refractivity contribution in [3.63, 3.8) is 0 Å². The predicted molar refractivity (Wildman–Crippen MR) is 78.7 cm³/mol. The predicted octanol–water partition coefficient (Wildman–Crippen LogP) is 1.91. The number of aryl methyl sites for hydroxylation is 1. The summed E-state index contributed by atoms with van der Waals surface area (Å²) < 4.78 is 0. The summed E-state index contributed by atoms with van der Waals surface area (Å²) >= 11 is 1.16. The van der Waals surface area contributed by atoms with Gasteiger partial charge in [0.2, 0.25) is 0 Å². The zero-order valence-corrected chi connectivity index (χ0v) is 12.3. The van der Waals surface area contributed by atoms with E-state index in [1.54, 1.807) is 6.92 Å². The van der Waals surface area contributed by atoms with Gasteiger partial charge in [0.25, 0.3) is 0 Å². The Balaban J connectivity index is 2.60. The molecule has 0 fully saturated rings. The molecule has 0 amide bonds. The van der Waals surface area contributed by atoms with Crippen LogP contribution in [0, 0.1) is 6.92 Å². The van der Waals surface area contributed by atoms with Crippen LogP contribution in [0.2, 0.25) is 0 Å². The van der Waals surface area contributed by atoms with Crippen molar-refractivity contribution in [2.24, 2.45) is 0 Å². The number of fused-ring (bicyclic) bond motifs is 1. The largest absolute Gasteiger partial charge is 0.477 e. The van der Waals surface area contributed by atoms with Gasteiger partial charge in [0.1, 0.15) is 21.9 Å². The highest BCUT2D eigenvalue weighted by molar-refractivity contribution is 7.20. The number of carboxylic acids is 1. The molecule has 6 nitrogen and oxygen atoms in total. The first-order valence-corrected chi connectivity index (χ1v) is 7.25. The van der Waals surface area contributed by atoms with Crippen LogP contribution in [0.4, 0.5) is 5.82 Å². The van der Waals surface area contributed by atoms with Crippen LogP contribution in [0.5, 0.6) is 0 Å². The van der Waals surface area contributed by atoms with Crippen molar-refractivity contribution in [3.05, 3.63) is 16.8 Å². The summed E-state index contributed by atoms with van der Waals surface area (Å²) in [5, 5.41) is 19.2. The number of aliphatic hydroxyl groups excluding tert-OH is 1. The molecule has 2 N–H and O–H groups in total. The van der Waals surface area contributed by atoms with Crippen LogP contribution < -0.4 is 4.90 Å². The summed E-state index contributed by atoms with van der Waals surface area (Å²) in [5.41, 5.74) is 0.687. The zero-order valence-electron chi connectivity index (χ0n) is 11.5. The molecule has 0 aliphatic rings. The van der Waals surface area contributed by atoms with Gasteiger partial charge in [0, 0.05) is 13.1 Å². The summed E-state index contributed by atoms with van der Waals surface area (Å²) in [6.07, 6.45) is 2.36. The monoisotopic (exact) mass is 295 g/mol. The average molecular weight is 295 g/mol. The first kappa shape index (κ1) is 14.7. The van der Waals surface area contributed by atoms with Gasteiger partial charge in [-0.05, 0) is 18.9 Å². The fourth-order valence-electron chi connectivity index (χ4n) is 2.21. The van der Waals surface area contributed by atoms with E-state index in [2.05, 4.69) is 9.97 Å². The molecule has 0 saturated heterocycles. The van der Waals surface area contributed by atoms with Crippen molar-refractivity contribution in [1.29, 1.82) is 0 Å². The third-order valence-electron chi connectivity index (χ3n) is 3.06. The quantitative estimate of drug-likeness (QED) is 0.846. The van der Waals surface area contributed by atoms with Crippen molar-refractivity contribution >= 4 is 33.3 Å². The lowest BCUT2D eigenvalue weighted by Crippen LogP contribution is -2.28. The molecule has 108 valence electrons. The third-order valence-corrected chi connectivity index (χ3v) is 4.25. The molecule has 0 aliphatic heterocycles. The summed E-state index contributed by atoms with van der Waals surface area (Å²) in [4.78, 5) is 22.6. The molecule has 0 aliphatic carbocycles. The minimum Gasteiger partial charge on any atom is -0.477 e. The van der Waals surface area contributed by atoms with Crippen molar-refractivity contribution in [3.8, 4) is 0 Å². The van der Waals surface area contributed by atoms with E-state index in [9.17, 15) is 15.0 Å². The van der Waals surface area contributed by atoms with E-state index in [-0.39, 0.29) is 6.61 Å². The average Bonchev–Trinajstić information content (AvgIpc) is 2.76. The summed E-state index contributed by atoms with van der Waals surface area (Å²) in [6, 6.07) is 0. The molecule has 0 saturated carbocycles. The Hall–Kier alpha value is -1.73. The van der Waals surface area contributed by atoms with E-state index in [0.29, 0.717) is 27.6 Å². The van der Waals surface area contributed by atoms with Crippen molar-refractivity contribution in [2.45, 2.75) is 20.3 Å². The number of carboxylic acid groups (broad SMARTS) is 1. The van der Waals surface area contributed by atoms with Crippen molar-refractivity contribution in [2.75, 3.05) is 24.6 Å². The van der Waals surface area contributed by atoms with Crippen LogP contribution in [0.15, 0.2) is 6.33 Å². The van der Waals surface area contributed by atoms with Gasteiger partial charge in [-0.1, -0.05) is 6.92 Å². The number of hydrogen-bond donors (Lipinski definition) is 2. The smallest absolute Gasteiger partial charge is 0.346 e. The number of anilines is 1. The molecule has 0 spiro atoms. The van der Waals surface area contributed by atoms with Gasteiger partial charge < -0.3 is 15.1 Å². The lowest BCUT2D eigenvalue weighted by molar-refractivity contribution is 0.0701. The Morgan fingerprint density at radius 1 is 1.40 bits per heavy atom. The highest BCUT2D eigenvalue weighted by Crippen LogP contribution is 2.34. The fourth-order valence-corrected chi connectivity index (χ4v) is 3.19. The Bertz CT molecular complexity index is 621. The van der Waals surface area contributed by atoms with E-state index in [4.69, 9.17) is 0 Å². The Morgan fingerprint density at radius 2 is 2.15 bits per heavy atom. The van der Waals surface area contributed by atoms with Gasteiger partial charge >= 0.3 is 5.97 Å². The van der Waals surface area contributed by atoms with E-state index in [0.717, 1.165) is 29.7 Å². The van der Waals surface area contributed by atoms with Gasteiger partial charge in [-0.25, -0.2) is 14.8 Å². The summed E-state index contributed by atoms with van der Waals surface area (Å²) in [7, 11) is 0. The zero-order chi connectivity index (χ0) is 14.7. The summed E-state index contributed by atoms with van der Waals surface area (Å²) in [6.45, 7) is 5.08. The topological polar surface area (TPSA) is 86.5 Å². The van der Waals surface area contributed by atoms with Gasteiger partial charge in [0.05, 0.1) is 12.0 Å². The van der Waals surface area contributed by atoms with Crippen LogP contribution >= 0.6 is 11.3 Å². The van der Waals surface area contributed by atoms with Gasteiger partial charge in [-0.15, -0.1) is 11.3 Å². The second-order valence-corrected chi connectivity index (χ2v) is 5.45. The molecule has 0 bridgehead atoms. The minimum absolute atomic E-state index is 0.0282. The molecule has 7 heteroatoms. The molecule has 2 heterocycles. The summed E-state index contributed by atoms with van der Waals surface area (Å²) in [5.74, 6) is -0.243. The fraction of sp³-hybridized carbons (Fsp3) is 0.462. The maximum Gasteiger partial charge on any atom is 0.346 e. The molecule has 2 rings (SSSR count). The Morgan fingerprint density at radius 3 is 2.75 bits per heavy atom. The molecule has 2 aromatic rings. The molecular formula is C13H17N3O3S. The highest BCUT2D eigenvalue weighted by Gasteiger charge is 2.20. The number of aromatic nitrogens is 2. The van der Waals surface area contributed by atoms with Crippen molar-refractivity contribution < 1.29 is 15.0 Å². The number of aliphatic hydroxyl groups is 1. The SMILES string of the molecule is CCCN(CCO)c1ncnc2sc(C(=O)O)c(C)c12. The Kier molecular flexibility index (Phi) is 4.51. The Labute approximate surface area is 120 Å². The van der Waals surface area contributed by atoms with Crippen LogP contribution in [-0.4, -0.2) is 45.8 Å². The van der Waals surface area contributed by atoms with Crippen molar-refractivity contribution in [1.82, 2.24) is 9.97 Å². The van der Waals surface area contributed by atoms with Gasteiger partial charge in [0.15, 0.2) is 0 Å². The number of carbonyl (C=O) groups is 1. The van der Waals surface area contributed by atoms with E-state index >= 15 is 0 Å². The third kappa shape index (κ3) is 2.59. The van der Waals surface area contributed by atoms with Gasteiger partial charge in [-0.3, -0.25) is 0 Å². The first-order valence-electron chi connectivity index (χ1n) is 6.43. The van der Waals surface area contributed by atoms with Crippen LogP contribution in [0.1, 0.15) is 28.6 Å². The number of rotatable bonds is 6. The molecule has 0 unspecified atom stereocenters. The molecule has 2 aromatic heterocycles. The maximum atomic E-state index is 11.2. The van der Waals surface area contributed by atoms with Crippen LogP contribution in [0.25, 0.3) is 10.2 Å². The number of aromatic carboxylic acids is 1. The maximum absolute atomic E-state index is 11.2. The minimum atomic E-state index is -0.944. The second-order valence-electron chi connectivity index (χ2n) is 4.45. The first-order chi connectivity index (χ1) is 9.60. The normalized spacial score (nSPS) is 10.9. The standard InChI is InChI=1S/C13H17N3O3S/c1-3-4-16(5-6-17)11-9-8(2)10(13(18)19)20-12(9)15-7-14-11/h7,17H,3-6H2,1-2H3,(H,18,19). The molecular weight excluding hydrogens is 278 g/mol. The number of nitrogens with zero attached hydrogens (tertiary/aromatic N) is 3.